The molecule has 1 atom stereocenters. The molecule has 1 saturated heterocycles. The first kappa shape index (κ1) is 10.2. The molecule has 1 fully saturated rings. The van der Waals surface area contributed by atoms with Crippen molar-refractivity contribution in [3.8, 4) is 0 Å². The van der Waals surface area contributed by atoms with E-state index in [0.717, 1.165) is 6.42 Å². The average Bonchev–Trinajstić information content (AvgIpc) is 2.77. The molecule has 0 radical (unpaired) electrons. The number of nitrogens with zero attached hydrogens (tertiary/aromatic N) is 1. The zero-order valence-corrected chi connectivity index (χ0v) is 9.85. The Morgan fingerprint density at radius 3 is 2.94 bits per heavy atom. The van der Waals surface area contributed by atoms with Gasteiger partial charge in [0, 0.05) is 18.0 Å². The fourth-order valence-electron chi connectivity index (χ4n) is 2.53. The Labute approximate surface area is 99.4 Å². The van der Waals surface area contributed by atoms with Gasteiger partial charge >= 0.3 is 0 Å². The summed E-state index contributed by atoms with van der Waals surface area (Å²) in [4.78, 5) is 13.1. The quantitative estimate of drug-likeness (QED) is 0.672. The number of hydrogen-bond acceptors (Lipinski definition) is 1. The molecule has 0 aromatic heterocycles. The van der Waals surface area contributed by atoms with E-state index in [4.69, 9.17) is 0 Å². The van der Waals surface area contributed by atoms with Gasteiger partial charge in [-0.2, -0.15) is 0 Å². The van der Waals surface area contributed by atoms with E-state index in [9.17, 15) is 13.6 Å². The minimum Gasteiger partial charge on any atom is -0.309 e. The number of benzene rings is 1. The van der Waals surface area contributed by atoms with Crippen LogP contribution in [0.25, 0.3) is 0 Å². The largest absolute Gasteiger partial charge is 0.309 e. The minimum atomic E-state index is -0.656. The minimum absolute atomic E-state index is 0.0192. The van der Waals surface area contributed by atoms with Crippen LogP contribution in [0.3, 0.4) is 0 Å². The lowest BCUT2D eigenvalue weighted by atomic mass is 10.1. The van der Waals surface area contributed by atoms with Gasteiger partial charge in [0.2, 0.25) is 5.91 Å². The molecular weight excluding hydrogens is 280 g/mol. The summed E-state index contributed by atoms with van der Waals surface area (Å²) in [6, 6.07) is 1.26. The Morgan fingerprint density at radius 1 is 1.44 bits per heavy atom. The standard InChI is InChI=1S/C11H8BrF2NO/c12-10-7(13)4-8-6(11(10)14)3-5-1-2-9(16)15(5)8/h4-5H,1-3H2. The first-order chi connectivity index (χ1) is 7.59. The maximum Gasteiger partial charge on any atom is 0.227 e. The topological polar surface area (TPSA) is 20.3 Å². The second-order valence-corrected chi connectivity index (χ2v) is 4.94. The molecule has 2 aliphatic rings. The van der Waals surface area contributed by atoms with Crippen LogP contribution >= 0.6 is 15.9 Å². The maximum absolute atomic E-state index is 13.8. The number of anilines is 1. The predicted octanol–water partition coefficient (Wildman–Crippen LogP) is 2.78. The molecule has 0 saturated carbocycles. The van der Waals surface area contributed by atoms with Crippen LogP contribution < -0.4 is 4.90 Å². The Hall–Kier alpha value is -0.970. The summed E-state index contributed by atoms with van der Waals surface area (Å²) in [5, 5.41) is 0. The van der Waals surface area contributed by atoms with Crippen molar-refractivity contribution in [3.63, 3.8) is 0 Å². The molecule has 5 heteroatoms. The van der Waals surface area contributed by atoms with E-state index in [1.165, 1.54) is 11.0 Å². The Kier molecular flexibility index (Phi) is 2.08. The molecule has 1 amide bonds. The normalized spacial score (nSPS) is 22.6. The number of rotatable bonds is 0. The van der Waals surface area contributed by atoms with E-state index in [2.05, 4.69) is 15.9 Å². The summed E-state index contributed by atoms with van der Waals surface area (Å²) in [7, 11) is 0. The van der Waals surface area contributed by atoms with E-state index in [1.54, 1.807) is 0 Å². The number of hydrogen-bond donors (Lipinski definition) is 0. The van der Waals surface area contributed by atoms with Crippen molar-refractivity contribution in [2.75, 3.05) is 4.90 Å². The zero-order valence-electron chi connectivity index (χ0n) is 8.27. The van der Waals surface area contributed by atoms with Crippen LogP contribution in [0.4, 0.5) is 14.5 Å². The highest BCUT2D eigenvalue weighted by Gasteiger charge is 2.41. The SMILES string of the molecule is O=C1CCC2Cc3c(cc(F)c(Br)c3F)N12. The van der Waals surface area contributed by atoms with Crippen LogP contribution in [0.2, 0.25) is 0 Å². The maximum atomic E-state index is 13.8. The third kappa shape index (κ3) is 1.18. The molecule has 84 valence electrons. The fourth-order valence-corrected chi connectivity index (χ4v) is 2.89. The number of amides is 1. The number of carbonyl (C=O) groups excluding carboxylic acids is 1. The highest BCUT2D eigenvalue weighted by Crippen LogP contribution is 2.42. The van der Waals surface area contributed by atoms with E-state index in [0.29, 0.717) is 24.1 Å². The van der Waals surface area contributed by atoms with Crippen LogP contribution in [-0.2, 0) is 11.2 Å². The fraction of sp³-hybridized carbons (Fsp3) is 0.364. The Balaban J connectivity index is 2.21. The van der Waals surface area contributed by atoms with Crippen molar-refractivity contribution in [2.45, 2.75) is 25.3 Å². The van der Waals surface area contributed by atoms with E-state index in [-0.39, 0.29) is 16.4 Å². The second-order valence-electron chi connectivity index (χ2n) is 4.14. The van der Waals surface area contributed by atoms with Gasteiger partial charge in [-0.3, -0.25) is 4.79 Å². The van der Waals surface area contributed by atoms with Crippen molar-refractivity contribution < 1.29 is 13.6 Å². The van der Waals surface area contributed by atoms with E-state index >= 15 is 0 Å². The van der Waals surface area contributed by atoms with Gasteiger partial charge in [0.1, 0.15) is 11.6 Å². The van der Waals surface area contributed by atoms with Crippen molar-refractivity contribution in [1.29, 1.82) is 0 Å². The molecule has 2 aliphatic heterocycles. The molecule has 2 heterocycles. The highest BCUT2D eigenvalue weighted by molar-refractivity contribution is 9.10. The Bertz CT molecular complexity index is 503. The van der Waals surface area contributed by atoms with Gasteiger partial charge in [0.15, 0.2) is 0 Å². The number of carbonyl (C=O) groups is 1. The van der Waals surface area contributed by atoms with Crippen LogP contribution in [0.15, 0.2) is 10.5 Å². The Morgan fingerprint density at radius 2 is 2.19 bits per heavy atom. The number of fused-ring (bicyclic) bond motifs is 3. The summed E-state index contributed by atoms with van der Waals surface area (Å²) in [6.45, 7) is 0. The zero-order chi connectivity index (χ0) is 11.4. The van der Waals surface area contributed by atoms with Crippen molar-refractivity contribution >= 4 is 27.5 Å². The van der Waals surface area contributed by atoms with Gasteiger partial charge in [0.05, 0.1) is 10.2 Å². The molecule has 0 aliphatic carbocycles. The van der Waals surface area contributed by atoms with Crippen LogP contribution in [0, 0.1) is 11.6 Å². The molecule has 2 nitrogen and oxygen atoms in total. The lowest BCUT2D eigenvalue weighted by molar-refractivity contribution is -0.117. The van der Waals surface area contributed by atoms with E-state index < -0.39 is 11.6 Å². The molecule has 1 unspecified atom stereocenters. The first-order valence-electron chi connectivity index (χ1n) is 5.08. The molecule has 0 N–H and O–H groups in total. The van der Waals surface area contributed by atoms with Gasteiger partial charge < -0.3 is 4.90 Å². The van der Waals surface area contributed by atoms with Gasteiger partial charge in [-0.25, -0.2) is 8.78 Å². The predicted molar refractivity (Wildman–Crippen MR) is 58.3 cm³/mol. The van der Waals surface area contributed by atoms with Crippen molar-refractivity contribution in [3.05, 3.63) is 27.7 Å². The van der Waals surface area contributed by atoms with Crippen LogP contribution in [-0.4, -0.2) is 11.9 Å². The summed E-state index contributed by atoms with van der Waals surface area (Å²) in [5.41, 5.74) is 0.858. The number of halogens is 3. The molecule has 1 aromatic rings. The van der Waals surface area contributed by atoms with Gasteiger partial charge in [-0.15, -0.1) is 0 Å². The van der Waals surface area contributed by atoms with Gasteiger partial charge in [-0.1, -0.05) is 0 Å². The monoisotopic (exact) mass is 287 g/mol. The van der Waals surface area contributed by atoms with Crippen molar-refractivity contribution in [1.82, 2.24) is 0 Å². The summed E-state index contributed by atoms with van der Waals surface area (Å²) in [5.74, 6) is -1.27. The second kappa shape index (κ2) is 3.26. The summed E-state index contributed by atoms with van der Waals surface area (Å²) < 4.78 is 27.0. The molecule has 3 rings (SSSR count). The molecule has 0 bridgehead atoms. The van der Waals surface area contributed by atoms with Crippen molar-refractivity contribution in [2.24, 2.45) is 0 Å². The van der Waals surface area contributed by atoms with E-state index in [1.807, 2.05) is 0 Å². The lowest BCUT2D eigenvalue weighted by Gasteiger charge is -2.16. The molecular formula is C11H8BrF2NO. The van der Waals surface area contributed by atoms with Crippen LogP contribution in [0.1, 0.15) is 18.4 Å². The lowest BCUT2D eigenvalue weighted by Crippen LogP contribution is -2.28. The van der Waals surface area contributed by atoms with Gasteiger partial charge in [-0.05, 0) is 34.8 Å². The van der Waals surface area contributed by atoms with Gasteiger partial charge in [0.25, 0.3) is 0 Å². The molecule has 0 spiro atoms. The molecule has 1 aromatic carbocycles. The highest BCUT2D eigenvalue weighted by atomic mass is 79.9. The third-order valence-electron chi connectivity index (χ3n) is 3.26. The first-order valence-corrected chi connectivity index (χ1v) is 5.87. The summed E-state index contributed by atoms with van der Waals surface area (Å²) >= 11 is 2.87. The van der Waals surface area contributed by atoms with Crippen LogP contribution in [0.5, 0.6) is 0 Å². The smallest absolute Gasteiger partial charge is 0.227 e. The third-order valence-corrected chi connectivity index (χ3v) is 3.99. The average molecular weight is 288 g/mol. The summed E-state index contributed by atoms with van der Waals surface area (Å²) in [6.07, 6.45) is 1.70. The molecule has 16 heavy (non-hydrogen) atoms.